The van der Waals surface area contributed by atoms with Crippen molar-refractivity contribution in [2.45, 2.75) is 32.8 Å². The van der Waals surface area contributed by atoms with Gasteiger partial charge in [-0.3, -0.25) is 9.80 Å². The molecule has 0 aromatic carbocycles. The first-order chi connectivity index (χ1) is 7.49. The highest BCUT2D eigenvalue weighted by Gasteiger charge is 2.07. The zero-order valence-electron chi connectivity index (χ0n) is 10.2. The van der Waals surface area contributed by atoms with Crippen molar-refractivity contribution in [2.75, 3.05) is 26.2 Å². The van der Waals surface area contributed by atoms with Gasteiger partial charge < -0.3 is 10.1 Å². The predicted octanol–water partition coefficient (Wildman–Crippen LogP) is 0.921. The lowest BCUT2D eigenvalue weighted by Gasteiger charge is -2.14. The lowest BCUT2D eigenvalue weighted by atomic mass is 10.2. The van der Waals surface area contributed by atoms with E-state index in [0.717, 1.165) is 32.6 Å². The average molecular weight is 231 g/mol. The molecule has 1 saturated heterocycles. The first kappa shape index (κ1) is 14.8. The Hall–Kier alpha value is -1.17. The smallest absolute Gasteiger partial charge is 0.293 e. The highest BCUT2D eigenvalue weighted by molar-refractivity contribution is 5.37. The minimum absolute atomic E-state index is 0.318. The van der Waals surface area contributed by atoms with Crippen LogP contribution in [-0.2, 0) is 9.53 Å². The van der Waals surface area contributed by atoms with Crippen LogP contribution in [0.25, 0.3) is 0 Å². The van der Waals surface area contributed by atoms with Crippen LogP contribution in [0.4, 0.5) is 0 Å². The maximum Gasteiger partial charge on any atom is 0.293 e. The van der Waals surface area contributed by atoms with Crippen LogP contribution in [-0.4, -0.2) is 43.3 Å². The fraction of sp³-hybridized carbons (Fsp3) is 0.900. The van der Waals surface area contributed by atoms with Crippen molar-refractivity contribution in [1.82, 2.24) is 10.3 Å². The van der Waals surface area contributed by atoms with Gasteiger partial charge in [0.1, 0.15) is 5.60 Å². The fourth-order valence-electron chi connectivity index (χ4n) is 1.06. The number of hydrogen-bond donors (Lipinski definition) is 1. The molecule has 0 aromatic heterocycles. The Bertz CT molecular complexity index is 196. The molecule has 1 N–H and O–H groups in total. The first-order valence-electron chi connectivity index (χ1n) is 5.40. The zero-order valence-corrected chi connectivity index (χ0v) is 10.2. The Kier molecular flexibility index (Phi) is 7.45. The van der Waals surface area contributed by atoms with Gasteiger partial charge in [-0.1, -0.05) is 0 Å². The number of carbonyl (C=O) groups is 1. The molecule has 1 heterocycles. The summed E-state index contributed by atoms with van der Waals surface area (Å²) in [6.07, 6.45) is 1.02. The normalized spacial score (nSPS) is 16.6. The van der Waals surface area contributed by atoms with E-state index in [4.69, 9.17) is 0 Å². The molecule has 0 amide bonds. The second kappa shape index (κ2) is 8.04. The number of carbonyl (C=O) groups excluding carboxylic acids is 1. The number of ether oxygens (including phenoxy) is 1. The summed E-state index contributed by atoms with van der Waals surface area (Å²) in [6, 6.07) is 0. The molecular formula is C10H21N3O3. The van der Waals surface area contributed by atoms with Crippen molar-refractivity contribution in [3.8, 4) is 0 Å². The molecule has 6 nitrogen and oxygen atoms in total. The lowest BCUT2D eigenvalue weighted by molar-refractivity contribution is -0.138. The highest BCUT2D eigenvalue weighted by Crippen LogP contribution is 2.02. The molecule has 0 aromatic rings. The van der Waals surface area contributed by atoms with E-state index in [1.54, 1.807) is 5.01 Å². The van der Waals surface area contributed by atoms with E-state index < -0.39 is 0 Å². The fourth-order valence-corrected chi connectivity index (χ4v) is 1.06. The van der Waals surface area contributed by atoms with Gasteiger partial charge in [-0.15, -0.1) is 4.91 Å². The molecule has 0 atom stereocenters. The molecule has 6 heteroatoms. The Labute approximate surface area is 96.3 Å². The van der Waals surface area contributed by atoms with Crippen LogP contribution in [0.2, 0.25) is 0 Å². The molecule has 0 unspecified atom stereocenters. The van der Waals surface area contributed by atoms with E-state index in [-0.39, 0.29) is 5.60 Å². The van der Waals surface area contributed by atoms with Crippen molar-refractivity contribution in [1.29, 1.82) is 0 Å². The van der Waals surface area contributed by atoms with E-state index in [2.05, 4.69) is 15.3 Å². The Balaban J connectivity index is 0.000000293. The summed E-state index contributed by atoms with van der Waals surface area (Å²) in [7, 11) is 0. The van der Waals surface area contributed by atoms with Crippen LogP contribution in [0.15, 0.2) is 5.29 Å². The second-order valence-electron chi connectivity index (χ2n) is 4.47. The maximum absolute atomic E-state index is 9.96. The SMILES string of the molecule is CC(C)(C)OC=O.O=NN1CCCNCC1. The second-order valence-corrected chi connectivity index (χ2v) is 4.47. The Morgan fingerprint density at radius 2 is 2.00 bits per heavy atom. The average Bonchev–Trinajstić information content (AvgIpc) is 2.44. The molecule has 0 aliphatic carbocycles. The van der Waals surface area contributed by atoms with Crippen LogP contribution in [0.5, 0.6) is 0 Å². The van der Waals surface area contributed by atoms with E-state index in [9.17, 15) is 9.70 Å². The minimum atomic E-state index is -0.318. The molecule has 0 radical (unpaired) electrons. The largest absolute Gasteiger partial charge is 0.462 e. The molecule has 16 heavy (non-hydrogen) atoms. The number of hydrogen-bond acceptors (Lipinski definition) is 5. The van der Waals surface area contributed by atoms with Gasteiger partial charge in [-0.2, -0.15) is 0 Å². The minimum Gasteiger partial charge on any atom is -0.462 e. The van der Waals surface area contributed by atoms with Gasteiger partial charge in [0.15, 0.2) is 0 Å². The lowest BCUT2D eigenvalue weighted by Crippen LogP contribution is -2.22. The third kappa shape index (κ3) is 9.39. The molecular weight excluding hydrogens is 210 g/mol. The van der Waals surface area contributed by atoms with Crippen LogP contribution in [0, 0.1) is 4.91 Å². The number of rotatable bonds is 2. The Morgan fingerprint density at radius 3 is 2.44 bits per heavy atom. The predicted molar refractivity (Wildman–Crippen MR) is 61.8 cm³/mol. The van der Waals surface area contributed by atoms with Gasteiger partial charge in [-0.25, -0.2) is 0 Å². The third-order valence-corrected chi connectivity index (χ3v) is 1.83. The van der Waals surface area contributed by atoms with Crippen LogP contribution >= 0.6 is 0 Å². The van der Waals surface area contributed by atoms with Gasteiger partial charge in [0.2, 0.25) is 0 Å². The molecule has 1 fully saturated rings. The summed E-state index contributed by atoms with van der Waals surface area (Å²) in [6.45, 7) is 9.36. The van der Waals surface area contributed by atoms with Crippen molar-refractivity contribution >= 4 is 6.47 Å². The molecule has 1 aliphatic heterocycles. The van der Waals surface area contributed by atoms with E-state index in [1.807, 2.05) is 20.8 Å². The zero-order chi connectivity index (χ0) is 12.4. The first-order valence-corrected chi connectivity index (χ1v) is 5.40. The van der Waals surface area contributed by atoms with E-state index in [0.29, 0.717) is 6.47 Å². The topological polar surface area (TPSA) is 71.0 Å². The molecule has 1 rings (SSSR count). The summed E-state index contributed by atoms with van der Waals surface area (Å²) in [4.78, 5) is 19.6. The summed E-state index contributed by atoms with van der Waals surface area (Å²) >= 11 is 0. The third-order valence-electron chi connectivity index (χ3n) is 1.83. The van der Waals surface area contributed by atoms with Crippen molar-refractivity contribution < 1.29 is 9.53 Å². The summed E-state index contributed by atoms with van der Waals surface area (Å²) in [5.41, 5.74) is -0.318. The van der Waals surface area contributed by atoms with E-state index >= 15 is 0 Å². The number of nitroso groups, excluding NO2 is 1. The van der Waals surface area contributed by atoms with Gasteiger partial charge in [0, 0.05) is 13.1 Å². The van der Waals surface area contributed by atoms with Crippen molar-refractivity contribution in [2.24, 2.45) is 5.29 Å². The number of nitrogens with zero attached hydrogens (tertiary/aromatic N) is 2. The standard InChI is InChI=1S/C5H11N3O.C5H10O2/c9-7-8-4-1-2-6-3-5-8;1-5(2,3)7-4-6/h6H,1-5H2;4H,1-3H3. The molecule has 0 saturated carbocycles. The van der Waals surface area contributed by atoms with E-state index in [1.165, 1.54) is 0 Å². The summed E-state index contributed by atoms with van der Waals surface area (Å²) < 4.78 is 4.55. The van der Waals surface area contributed by atoms with Gasteiger partial charge in [0.25, 0.3) is 6.47 Å². The summed E-state index contributed by atoms with van der Waals surface area (Å²) in [5.74, 6) is 0. The van der Waals surface area contributed by atoms with Crippen molar-refractivity contribution in [3.05, 3.63) is 4.91 Å². The monoisotopic (exact) mass is 231 g/mol. The van der Waals surface area contributed by atoms with Gasteiger partial charge in [-0.05, 0) is 33.7 Å². The molecule has 1 aliphatic rings. The number of nitrogens with one attached hydrogen (secondary N) is 1. The van der Waals surface area contributed by atoms with Crippen LogP contribution < -0.4 is 5.32 Å². The van der Waals surface area contributed by atoms with Gasteiger partial charge in [0.05, 0.1) is 11.8 Å². The van der Waals surface area contributed by atoms with Crippen molar-refractivity contribution in [3.63, 3.8) is 0 Å². The maximum atomic E-state index is 9.96. The summed E-state index contributed by atoms with van der Waals surface area (Å²) in [5, 5.41) is 7.58. The van der Waals surface area contributed by atoms with Crippen LogP contribution in [0.1, 0.15) is 27.2 Å². The molecule has 94 valence electrons. The highest BCUT2D eigenvalue weighted by atomic mass is 16.5. The quantitative estimate of drug-likeness (QED) is 0.565. The Morgan fingerprint density at radius 1 is 1.31 bits per heavy atom. The molecule has 0 bridgehead atoms. The van der Waals surface area contributed by atoms with Crippen LogP contribution in [0.3, 0.4) is 0 Å². The molecule has 0 spiro atoms. The van der Waals surface area contributed by atoms with Gasteiger partial charge >= 0.3 is 0 Å².